The van der Waals surface area contributed by atoms with Gasteiger partial charge in [-0.05, 0) is 25.0 Å². The van der Waals surface area contributed by atoms with E-state index in [2.05, 4.69) is 19.9 Å². The molecule has 0 saturated heterocycles. The van der Waals surface area contributed by atoms with E-state index in [0.717, 1.165) is 17.7 Å². The maximum atomic E-state index is 5.99. The Balaban J connectivity index is 3.14. The summed E-state index contributed by atoms with van der Waals surface area (Å²) in [5.41, 5.74) is 8.33. The molecule has 2 N–H and O–H groups in total. The number of methoxy groups -OCH3 is 1. The molecule has 0 bridgehead atoms. The molecule has 0 aliphatic carbocycles. The lowest BCUT2D eigenvalue weighted by atomic mass is 9.99. The van der Waals surface area contributed by atoms with Gasteiger partial charge in [0.25, 0.3) is 0 Å². The predicted octanol–water partition coefficient (Wildman–Crippen LogP) is 2.41. The summed E-state index contributed by atoms with van der Waals surface area (Å²) in [6, 6.07) is 6.08. The minimum atomic E-state index is 0.0798. The number of nitrogens with two attached hydrogens (primary N) is 1. The Morgan fingerprint density at radius 1 is 1.46 bits per heavy atom. The van der Waals surface area contributed by atoms with Crippen molar-refractivity contribution in [2.45, 2.75) is 26.3 Å². The standard InChI is InChI=1S/C11H17NO/c1-4-9(12)11-8(2)6-5-7-10(11)13-3/h5-7,9H,4,12H2,1-3H3. The van der Waals surface area contributed by atoms with Gasteiger partial charge in [-0.25, -0.2) is 0 Å². The summed E-state index contributed by atoms with van der Waals surface area (Å²) in [7, 11) is 1.68. The average Bonchev–Trinajstić information content (AvgIpc) is 2.16. The molecule has 1 aromatic carbocycles. The van der Waals surface area contributed by atoms with E-state index >= 15 is 0 Å². The fourth-order valence-corrected chi connectivity index (χ4v) is 1.51. The Labute approximate surface area is 79.7 Å². The van der Waals surface area contributed by atoms with Gasteiger partial charge in [-0.3, -0.25) is 0 Å². The number of rotatable bonds is 3. The second-order valence-corrected chi connectivity index (χ2v) is 3.21. The molecule has 1 unspecified atom stereocenters. The Kier molecular flexibility index (Phi) is 3.32. The highest BCUT2D eigenvalue weighted by Crippen LogP contribution is 2.28. The normalized spacial score (nSPS) is 12.6. The molecular weight excluding hydrogens is 162 g/mol. The van der Waals surface area contributed by atoms with Gasteiger partial charge >= 0.3 is 0 Å². The molecule has 1 rings (SSSR count). The van der Waals surface area contributed by atoms with E-state index in [4.69, 9.17) is 10.5 Å². The van der Waals surface area contributed by atoms with Crippen LogP contribution in [0.5, 0.6) is 5.75 Å². The van der Waals surface area contributed by atoms with E-state index in [0.29, 0.717) is 0 Å². The van der Waals surface area contributed by atoms with E-state index < -0.39 is 0 Å². The van der Waals surface area contributed by atoms with Crippen LogP contribution in [0.1, 0.15) is 30.5 Å². The average molecular weight is 179 g/mol. The first-order valence-electron chi connectivity index (χ1n) is 4.59. The second kappa shape index (κ2) is 4.28. The molecule has 0 aliphatic rings. The third kappa shape index (κ3) is 2.01. The summed E-state index contributed by atoms with van der Waals surface area (Å²) < 4.78 is 5.27. The Morgan fingerprint density at radius 3 is 2.69 bits per heavy atom. The molecule has 2 nitrogen and oxygen atoms in total. The quantitative estimate of drug-likeness (QED) is 0.773. The number of hydrogen-bond acceptors (Lipinski definition) is 2. The van der Waals surface area contributed by atoms with Crippen molar-refractivity contribution in [3.05, 3.63) is 29.3 Å². The Morgan fingerprint density at radius 2 is 2.15 bits per heavy atom. The van der Waals surface area contributed by atoms with E-state index in [-0.39, 0.29) is 6.04 Å². The Hall–Kier alpha value is -1.02. The summed E-state index contributed by atoms with van der Waals surface area (Å²) in [6.07, 6.45) is 0.932. The molecule has 13 heavy (non-hydrogen) atoms. The van der Waals surface area contributed by atoms with Crippen molar-refractivity contribution in [1.82, 2.24) is 0 Å². The monoisotopic (exact) mass is 179 g/mol. The summed E-state index contributed by atoms with van der Waals surface area (Å²) >= 11 is 0. The lowest BCUT2D eigenvalue weighted by molar-refractivity contribution is 0.404. The molecular formula is C11H17NO. The van der Waals surface area contributed by atoms with Gasteiger partial charge in [-0.2, -0.15) is 0 Å². The zero-order valence-electron chi connectivity index (χ0n) is 8.50. The maximum absolute atomic E-state index is 5.99. The Bertz CT molecular complexity index is 283. The van der Waals surface area contributed by atoms with Crippen molar-refractivity contribution >= 4 is 0 Å². The topological polar surface area (TPSA) is 35.2 Å². The van der Waals surface area contributed by atoms with Crippen molar-refractivity contribution in [1.29, 1.82) is 0 Å². The molecule has 72 valence electrons. The number of aryl methyl sites for hydroxylation is 1. The molecule has 0 aromatic heterocycles. The summed E-state index contributed by atoms with van der Waals surface area (Å²) in [4.78, 5) is 0. The van der Waals surface area contributed by atoms with Crippen molar-refractivity contribution in [2.24, 2.45) is 5.73 Å². The molecule has 0 spiro atoms. The van der Waals surface area contributed by atoms with Crippen LogP contribution in [0.3, 0.4) is 0 Å². The molecule has 1 atom stereocenters. The minimum Gasteiger partial charge on any atom is -0.496 e. The van der Waals surface area contributed by atoms with Gasteiger partial charge in [0.15, 0.2) is 0 Å². The smallest absolute Gasteiger partial charge is 0.123 e. The van der Waals surface area contributed by atoms with Gasteiger partial charge in [-0.1, -0.05) is 19.1 Å². The van der Waals surface area contributed by atoms with Crippen LogP contribution in [0.25, 0.3) is 0 Å². The van der Waals surface area contributed by atoms with Crippen LogP contribution in [-0.4, -0.2) is 7.11 Å². The lowest BCUT2D eigenvalue weighted by Crippen LogP contribution is -2.11. The van der Waals surface area contributed by atoms with Crippen molar-refractivity contribution < 1.29 is 4.74 Å². The molecule has 0 aliphatic heterocycles. The largest absolute Gasteiger partial charge is 0.496 e. The van der Waals surface area contributed by atoms with Crippen LogP contribution < -0.4 is 10.5 Å². The minimum absolute atomic E-state index is 0.0798. The maximum Gasteiger partial charge on any atom is 0.123 e. The summed E-state index contributed by atoms with van der Waals surface area (Å²) in [5.74, 6) is 0.898. The fraction of sp³-hybridized carbons (Fsp3) is 0.455. The van der Waals surface area contributed by atoms with Crippen LogP contribution in [0.4, 0.5) is 0 Å². The molecule has 0 heterocycles. The van der Waals surface area contributed by atoms with E-state index in [9.17, 15) is 0 Å². The van der Waals surface area contributed by atoms with Crippen molar-refractivity contribution in [3.63, 3.8) is 0 Å². The molecule has 0 saturated carbocycles. The lowest BCUT2D eigenvalue weighted by Gasteiger charge is -2.16. The highest BCUT2D eigenvalue weighted by atomic mass is 16.5. The second-order valence-electron chi connectivity index (χ2n) is 3.21. The van der Waals surface area contributed by atoms with Gasteiger partial charge in [0.05, 0.1) is 7.11 Å². The van der Waals surface area contributed by atoms with E-state index in [1.165, 1.54) is 5.56 Å². The van der Waals surface area contributed by atoms with E-state index in [1.54, 1.807) is 7.11 Å². The molecule has 1 aromatic rings. The summed E-state index contributed by atoms with van der Waals surface area (Å²) in [6.45, 7) is 4.14. The van der Waals surface area contributed by atoms with Crippen LogP contribution >= 0.6 is 0 Å². The van der Waals surface area contributed by atoms with Crippen LogP contribution in [0.2, 0.25) is 0 Å². The number of hydrogen-bond donors (Lipinski definition) is 1. The van der Waals surface area contributed by atoms with Crippen LogP contribution in [0.15, 0.2) is 18.2 Å². The predicted molar refractivity (Wildman–Crippen MR) is 55.0 cm³/mol. The third-order valence-electron chi connectivity index (χ3n) is 2.31. The first-order valence-corrected chi connectivity index (χ1v) is 4.59. The highest BCUT2D eigenvalue weighted by molar-refractivity contribution is 5.41. The number of benzene rings is 1. The molecule has 2 heteroatoms. The molecule has 0 amide bonds. The zero-order chi connectivity index (χ0) is 9.84. The molecule has 0 radical (unpaired) electrons. The number of ether oxygens (including phenoxy) is 1. The van der Waals surface area contributed by atoms with Gasteiger partial charge in [-0.15, -0.1) is 0 Å². The first-order chi connectivity index (χ1) is 6.20. The zero-order valence-corrected chi connectivity index (χ0v) is 8.50. The van der Waals surface area contributed by atoms with Crippen molar-refractivity contribution in [3.8, 4) is 5.75 Å². The van der Waals surface area contributed by atoms with Gasteiger partial charge in [0, 0.05) is 11.6 Å². The highest BCUT2D eigenvalue weighted by Gasteiger charge is 2.11. The summed E-state index contributed by atoms with van der Waals surface area (Å²) in [5, 5.41) is 0. The van der Waals surface area contributed by atoms with Crippen LogP contribution in [0, 0.1) is 6.92 Å². The third-order valence-corrected chi connectivity index (χ3v) is 2.31. The van der Waals surface area contributed by atoms with Crippen molar-refractivity contribution in [2.75, 3.05) is 7.11 Å². The SMILES string of the molecule is CCC(N)c1c(C)cccc1OC. The molecule has 0 fully saturated rings. The first kappa shape index (κ1) is 10.1. The van der Waals surface area contributed by atoms with Gasteiger partial charge in [0.2, 0.25) is 0 Å². The van der Waals surface area contributed by atoms with E-state index in [1.807, 2.05) is 12.1 Å². The van der Waals surface area contributed by atoms with Gasteiger partial charge < -0.3 is 10.5 Å². The fourth-order valence-electron chi connectivity index (χ4n) is 1.51. The van der Waals surface area contributed by atoms with Gasteiger partial charge in [0.1, 0.15) is 5.75 Å². The van der Waals surface area contributed by atoms with Crippen LogP contribution in [-0.2, 0) is 0 Å².